The first-order valence-corrected chi connectivity index (χ1v) is 6.34. The molecule has 0 heterocycles. The lowest BCUT2D eigenvalue weighted by atomic mass is 9.70. The average molecular weight is 212 g/mol. The van der Waals surface area contributed by atoms with E-state index in [9.17, 15) is 4.79 Å². The lowest BCUT2D eigenvalue weighted by Gasteiger charge is -2.35. The van der Waals surface area contributed by atoms with Gasteiger partial charge in [-0.1, -0.05) is 26.2 Å². The standard InChI is InChI=1S/C14H24O/c1-2-11-3-5-12(6-4-11)13-7-9-14(15)10-8-13/h11-13H,2-10H2,1H3/i7D2,9D2. The Balaban J connectivity index is 2.11. The van der Waals surface area contributed by atoms with Gasteiger partial charge in [0, 0.05) is 18.3 Å². The molecule has 0 aromatic heterocycles. The van der Waals surface area contributed by atoms with Crippen LogP contribution in [0.5, 0.6) is 0 Å². The number of hydrogen-bond acceptors (Lipinski definition) is 1. The second kappa shape index (κ2) is 5.14. The number of carbonyl (C=O) groups is 1. The second-order valence-corrected chi connectivity index (χ2v) is 5.03. The van der Waals surface area contributed by atoms with Gasteiger partial charge in [-0.05, 0) is 43.4 Å². The van der Waals surface area contributed by atoms with Gasteiger partial charge >= 0.3 is 0 Å². The Morgan fingerprint density at radius 3 is 2.60 bits per heavy atom. The Bertz CT molecular complexity index is 345. The van der Waals surface area contributed by atoms with E-state index in [1.807, 2.05) is 0 Å². The topological polar surface area (TPSA) is 17.1 Å². The fourth-order valence-electron chi connectivity index (χ4n) is 2.95. The van der Waals surface area contributed by atoms with Crippen molar-refractivity contribution in [2.45, 2.75) is 64.6 Å². The van der Waals surface area contributed by atoms with Crippen LogP contribution in [-0.4, -0.2) is 5.78 Å². The van der Waals surface area contributed by atoms with Crippen molar-refractivity contribution in [2.24, 2.45) is 17.8 Å². The summed E-state index contributed by atoms with van der Waals surface area (Å²) >= 11 is 0. The number of rotatable bonds is 2. The van der Waals surface area contributed by atoms with Crippen molar-refractivity contribution in [3.63, 3.8) is 0 Å². The van der Waals surface area contributed by atoms with E-state index in [-0.39, 0.29) is 18.3 Å². The summed E-state index contributed by atoms with van der Waals surface area (Å²) in [6, 6.07) is 0. The molecule has 0 aromatic carbocycles. The molecule has 2 aliphatic carbocycles. The van der Waals surface area contributed by atoms with Crippen LogP contribution >= 0.6 is 0 Å². The minimum absolute atomic E-state index is 0.199. The van der Waals surface area contributed by atoms with E-state index in [1.165, 1.54) is 6.42 Å². The fourth-order valence-corrected chi connectivity index (χ4v) is 2.95. The Kier molecular flexibility index (Phi) is 2.43. The van der Waals surface area contributed by atoms with Gasteiger partial charge in [0.1, 0.15) is 5.78 Å². The predicted molar refractivity (Wildman–Crippen MR) is 62.7 cm³/mol. The van der Waals surface area contributed by atoms with Crippen LogP contribution in [0.3, 0.4) is 0 Å². The van der Waals surface area contributed by atoms with E-state index in [0.717, 1.165) is 31.6 Å². The van der Waals surface area contributed by atoms with E-state index >= 15 is 0 Å². The minimum atomic E-state index is -2.31. The summed E-state index contributed by atoms with van der Waals surface area (Å²) in [5, 5.41) is 0. The summed E-state index contributed by atoms with van der Waals surface area (Å²) < 4.78 is 31.8. The largest absolute Gasteiger partial charge is 0.300 e. The Labute approximate surface area is 99.3 Å². The van der Waals surface area contributed by atoms with Gasteiger partial charge in [0.05, 0.1) is 0 Å². The molecular formula is C14H24O. The summed E-state index contributed by atoms with van der Waals surface area (Å²) in [7, 11) is 0. The van der Waals surface area contributed by atoms with Crippen LogP contribution in [0.15, 0.2) is 0 Å². The maximum Gasteiger partial charge on any atom is 0.132 e. The van der Waals surface area contributed by atoms with E-state index in [1.54, 1.807) is 0 Å². The van der Waals surface area contributed by atoms with E-state index in [4.69, 9.17) is 5.48 Å². The molecule has 0 aliphatic heterocycles. The molecule has 1 unspecified atom stereocenters. The van der Waals surface area contributed by atoms with Gasteiger partial charge in [0.2, 0.25) is 0 Å². The van der Waals surface area contributed by atoms with Crippen LogP contribution in [0.2, 0.25) is 0 Å². The van der Waals surface area contributed by atoms with E-state index < -0.39 is 18.5 Å². The van der Waals surface area contributed by atoms with Crippen molar-refractivity contribution in [1.29, 1.82) is 0 Å². The molecule has 2 fully saturated rings. The highest BCUT2D eigenvalue weighted by atomic mass is 16.1. The Hall–Kier alpha value is -0.330. The van der Waals surface area contributed by atoms with Crippen molar-refractivity contribution in [3.8, 4) is 0 Å². The molecule has 0 saturated heterocycles. The summed E-state index contributed by atoms with van der Waals surface area (Å²) in [6.45, 7) is 2.20. The minimum Gasteiger partial charge on any atom is -0.300 e. The molecule has 2 rings (SSSR count). The average Bonchev–Trinajstić information content (AvgIpc) is 2.37. The third-order valence-electron chi connectivity index (χ3n) is 4.12. The third kappa shape index (κ3) is 2.83. The third-order valence-corrected chi connectivity index (χ3v) is 4.12. The van der Waals surface area contributed by atoms with Crippen LogP contribution in [0, 0.1) is 17.8 Å². The van der Waals surface area contributed by atoms with Crippen LogP contribution in [-0.2, 0) is 4.79 Å². The van der Waals surface area contributed by atoms with Gasteiger partial charge in [-0.25, -0.2) is 0 Å². The van der Waals surface area contributed by atoms with Gasteiger partial charge < -0.3 is 0 Å². The summed E-state index contributed by atoms with van der Waals surface area (Å²) in [4.78, 5) is 11.6. The molecule has 0 spiro atoms. The second-order valence-electron chi connectivity index (χ2n) is 5.03. The first kappa shape index (κ1) is 7.09. The zero-order valence-electron chi connectivity index (χ0n) is 13.6. The van der Waals surface area contributed by atoms with E-state index in [2.05, 4.69) is 6.92 Å². The van der Waals surface area contributed by atoms with Gasteiger partial charge in [-0.3, -0.25) is 4.79 Å². The molecule has 15 heavy (non-hydrogen) atoms. The molecule has 0 radical (unpaired) electrons. The molecule has 0 N–H and O–H groups in total. The number of Topliss-reactive ketones (excluding diaryl/α,β-unsaturated/α-hetero) is 1. The smallest absolute Gasteiger partial charge is 0.132 e. The lowest BCUT2D eigenvalue weighted by molar-refractivity contribution is -0.121. The van der Waals surface area contributed by atoms with Crippen LogP contribution in [0.4, 0.5) is 0 Å². The molecular weight excluding hydrogens is 184 g/mol. The maximum atomic E-state index is 11.6. The number of carbonyl (C=O) groups excluding carboxylic acids is 1. The predicted octanol–water partition coefficient (Wildman–Crippen LogP) is 3.96. The summed E-state index contributed by atoms with van der Waals surface area (Å²) in [5.41, 5.74) is 0. The molecule has 0 aromatic rings. The molecule has 2 saturated carbocycles. The summed E-state index contributed by atoms with van der Waals surface area (Å²) in [5.74, 6) is 0.152. The quantitative estimate of drug-likeness (QED) is 0.677. The Morgan fingerprint density at radius 2 is 1.93 bits per heavy atom. The van der Waals surface area contributed by atoms with Crippen LogP contribution in [0.25, 0.3) is 0 Å². The molecule has 0 amide bonds. The molecule has 0 bridgehead atoms. The maximum absolute atomic E-state index is 11.6. The van der Waals surface area contributed by atoms with Crippen molar-refractivity contribution in [2.75, 3.05) is 0 Å². The van der Waals surface area contributed by atoms with Crippen molar-refractivity contribution in [3.05, 3.63) is 0 Å². The van der Waals surface area contributed by atoms with Crippen LogP contribution in [0.1, 0.15) is 70.1 Å². The first-order valence-electron chi connectivity index (χ1n) is 8.34. The normalized spacial score (nSPS) is 48.6. The highest BCUT2D eigenvalue weighted by Gasteiger charge is 2.29. The zero-order chi connectivity index (χ0) is 14.3. The Morgan fingerprint density at radius 1 is 1.20 bits per heavy atom. The van der Waals surface area contributed by atoms with E-state index in [0.29, 0.717) is 6.42 Å². The van der Waals surface area contributed by atoms with Crippen molar-refractivity contribution >= 4 is 5.78 Å². The fraction of sp³-hybridized carbons (Fsp3) is 0.929. The van der Waals surface area contributed by atoms with Gasteiger partial charge in [0.25, 0.3) is 0 Å². The SMILES string of the molecule is [2H]C1([2H])C(=O)CCC(C2CCC(CC)CC2)C1([2H])[2H]. The van der Waals surface area contributed by atoms with Crippen molar-refractivity contribution < 1.29 is 10.3 Å². The van der Waals surface area contributed by atoms with Crippen LogP contribution < -0.4 is 0 Å². The molecule has 1 atom stereocenters. The molecule has 86 valence electrons. The summed E-state index contributed by atoms with van der Waals surface area (Å²) in [6.07, 6.45) is 1.83. The van der Waals surface area contributed by atoms with Gasteiger partial charge in [0.15, 0.2) is 0 Å². The zero-order valence-corrected chi connectivity index (χ0v) is 9.59. The van der Waals surface area contributed by atoms with Gasteiger partial charge in [-0.2, -0.15) is 0 Å². The highest BCUT2D eigenvalue weighted by molar-refractivity contribution is 5.79. The monoisotopic (exact) mass is 212 g/mol. The highest BCUT2D eigenvalue weighted by Crippen LogP contribution is 2.39. The number of hydrogen-bond donors (Lipinski definition) is 0. The molecule has 1 nitrogen and oxygen atoms in total. The van der Waals surface area contributed by atoms with Crippen molar-refractivity contribution in [1.82, 2.24) is 0 Å². The van der Waals surface area contributed by atoms with Gasteiger partial charge in [-0.15, -0.1) is 0 Å². The lowest BCUT2D eigenvalue weighted by Crippen LogP contribution is -2.25. The molecule has 2 aliphatic rings. The molecule has 1 heteroatoms. The first-order chi connectivity index (χ1) is 8.80. The number of ketones is 1.